The van der Waals surface area contributed by atoms with Gasteiger partial charge in [0.1, 0.15) is 0 Å². The van der Waals surface area contributed by atoms with Crippen LogP contribution in [0.2, 0.25) is 5.02 Å². The van der Waals surface area contributed by atoms with E-state index in [4.69, 9.17) is 21.1 Å². The Hall–Kier alpha value is -3.71. The van der Waals surface area contributed by atoms with E-state index in [0.29, 0.717) is 23.1 Å². The minimum atomic E-state index is -0.967. The minimum Gasteiger partial charge on any atom is -0.493 e. The van der Waals surface area contributed by atoms with Crippen molar-refractivity contribution >= 4 is 29.3 Å². The van der Waals surface area contributed by atoms with Gasteiger partial charge in [0.15, 0.2) is 11.5 Å². The summed E-state index contributed by atoms with van der Waals surface area (Å²) in [5.41, 5.74) is 4.32. The Morgan fingerprint density at radius 3 is 2.31 bits per heavy atom. The Balaban J connectivity index is 1.82. The number of ether oxygens (including phenoxy) is 2. The zero-order valence-electron chi connectivity index (χ0n) is 23.0. The van der Waals surface area contributed by atoms with Gasteiger partial charge in [-0.2, -0.15) is 0 Å². The van der Waals surface area contributed by atoms with Crippen molar-refractivity contribution in [3.05, 3.63) is 87.9 Å². The van der Waals surface area contributed by atoms with Crippen LogP contribution in [0.3, 0.4) is 0 Å². The summed E-state index contributed by atoms with van der Waals surface area (Å²) in [6, 6.07) is 18.2. The molecule has 0 fully saturated rings. The zero-order chi connectivity index (χ0) is 28.3. The number of halogens is 1. The molecule has 0 radical (unpaired) electrons. The van der Waals surface area contributed by atoms with Gasteiger partial charge in [-0.25, -0.2) is 4.79 Å². The average molecular weight is 551 g/mol. The summed E-state index contributed by atoms with van der Waals surface area (Å²) in [6.07, 6.45) is 0.0779. The van der Waals surface area contributed by atoms with Crippen molar-refractivity contribution in [1.29, 1.82) is 0 Å². The lowest BCUT2D eigenvalue weighted by atomic mass is 9.86. The van der Waals surface area contributed by atoms with E-state index in [0.717, 1.165) is 34.4 Å². The first kappa shape index (κ1) is 28.3. The Labute approximate surface area is 234 Å². The first-order valence-corrected chi connectivity index (χ1v) is 13.6. The van der Waals surface area contributed by atoms with Crippen LogP contribution in [0.15, 0.2) is 60.7 Å². The van der Waals surface area contributed by atoms with Gasteiger partial charge in [0, 0.05) is 17.3 Å². The summed E-state index contributed by atoms with van der Waals surface area (Å²) in [4.78, 5) is 28.5. The van der Waals surface area contributed by atoms with Crippen molar-refractivity contribution in [1.82, 2.24) is 4.90 Å². The van der Waals surface area contributed by atoms with Gasteiger partial charge in [-0.15, -0.1) is 0 Å². The van der Waals surface area contributed by atoms with Crippen LogP contribution in [0.25, 0.3) is 0 Å². The maximum atomic E-state index is 13.7. The molecule has 3 atom stereocenters. The lowest BCUT2D eigenvalue weighted by molar-refractivity contribution is -0.118. The van der Waals surface area contributed by atoms with Gasteiger partial charge in [-0.3, -0.25) is 4.79 Å². The van der Waals surface area contributed by atoms with Crippen molar-refractivity contribution in [2.24, 2.45) is 0 Å². The monoisotopic (exact) mass is 550 g/mol. The molecule has 0 bridgehead atoms. The molecule has 0 saturated carbocycles. The van der Waals surface area contributed by atoms with Crippen molar-refractivity contribution in [2.45, 2.75) is 58.7 Å². The number of nitrogens with zero attached hydrogens (tertiary/aromatic N) is 2. The van der Waals surface area contributed by atoms with Crippen LogP contribution in [0.1, 0.15) is 68.5 Å². The summed E-state index contributed by atoms with van der Waals surface area (Å²) in [5.74, 6) is 1.18. The Morgan fingerprint density at radius 2 is 1.74 bits per heavy atom. The standard InChI is InChI=1S/C31H35ClN2O5/c1-6-19(3)39-28-18-26-23(16-27(28)38-5)17-29(35)34(30(26)22-8-12-24(32)13-9-22)25-14-10-21(11-15-25)20(4)33(7-2)31(36)37/h8-16,18-20,30H,6-7,17H2,1-5H3,(H,36,37)/t19-,20-,30?/m1/s1. The molecule has 3 aromatic carbocycles. The lowest BCUT2D eigenvalue weighted by Crippen LogP contribution is -2.41. The van der Waals surface area contributed by atoms with Crippen LogP contribution in [-0.2, 0) is 11.2 Å². The number of carbonyl (C=O) groups is 2. The number of carboxylic acid groups (broad SMARTS) is 1. The van der Waals surface area contributed by atoms with Crippen LogP contribution in [0.5, 0.6) is 11.5 Å². The molecule has 1 aliphatic heterocycles. The maximum Gasteiger partial charge on any atom is 0.407 e. The number of carbonyl (C=O) groups excluding carboxylic acids is 1. The normalized spacial score (nSPS) is 16.3. The highest BCUT2D eigenvalue weighted by atomic mass is 35.5. The summed E-state index contributed by atoms with van der Waals surface area (Å²) >= 11 is 6.21. The zero-order valence-corrected chi connectivity index (χ0v) is 23.7. The first-order valence-electron chi connectivity index (χ1n) is 13.2. The molecule has 0 aromatic heterocycles. The van der Waals surface area contributed by atoms with Crippen molar-refractivity contribution in [3.63, 3.8) is 0 Å². The minimum absolute atomic E-state index is 0.00437. The van der Waals surface area contributed by atoms with Crippen LogP contribution < -0.4 is 14.4 Å². The van der Waals surface area contributed by atoms with Gasteiger partial charge >= 0.3 is 6.09 Å². The number of hydrogen-bond donors (Lipinski definition) is 1. The van der Waals surface area contributed by atoms with Crippen LogP contribution in [-0.4, -0.2) is 41.8 Å². The third kappa shape index (κ3) is 5.83. The van der Waals surface area contributed by atoms with Crippen molar-refractivity contribution < 1.29 is 24.2 Å². The molecule has 0 saturated heterocycles. The van der Waals surface area contributed by atoms with E-state index in [-0.39, 0.29) is 24.5 Å². The number of anilines is 1. The van der Waals surface area contributed by atoms with E-state index >= 15 is 0 Å². The number of amides is 2. The highest BCUT2D eigenvalue weighted by Gasteiger charge is 2.36. The third-order valence-corrected chi connectivity index (χ3v) is 7.64. The fourth-order valence-corrected chi connectivity index (χ4v) is 5.17. The molecule has 4 rings (SSSR count). The van der Waals surface area contributed by atoms with Gasteiger partial charge in [0.25, 0.3) is 0 Å². The molecule has 3 aromatic rings. The van der Waals surface area contributed by atoms with Crippen molar-refractivity contribution in [3.8, 4) is 11.5 Å². The molecule has 0 spiro atoms. The topological polar surface area (TPSA) is 79.3 Å². The second-order valence-electron chi connectivity index (χ2n) is 9.77. The molecule has 1 N–H and O–H groups in total. The van der Waals surface area contributed by atoms with E-state index in [2.05, 4.69) is 6.92 Å². The highest BCUT2D eigenvalue weighted by Crippen LogP contribution is 2.44. The van der Waals surface area contributed by atoms with E-state index < -0.39 is 12.1 Å². The second-order valence-corrected chi connectivity index (χ2v) is 10.2. The summed E-state index contributed by atoms with van der Waals surface area (Å²) in [6.45, 7) is 8.12. The highest BCUT2D eigenvalue weighted by molar-refractivity contribution is 6.30. The van der Waals surface area contributed by atoms with Crippen LogP contribution >= 0.6 is 11.6 Å². The second kappa shape index (κ2) is 12.0. The molecule has 1 aliphatic rings. The Bertz CT molecular complexity index is 1330. The predicted octanol–water partition coefficient (Wildman–Crippen LogP) is 7.27. The van der Waals surface area contributed by atoms with Gasteiger partial charge < -0.3 is 24.4 Å². The molecular weight excluding hydrogens is 516 g/mol. The van der Waals surface area contributed by atoms with E-state index in [9.17, 15) is 14.7 Å². The number of fused-ring (bicyclic) bond motifs is 1. The molecule has 2 amide bonds. The first-order chi connectivity index (χ1) is 18.7. The van der Waals surface area contributed by atoms with Gasteiger partial charge in [-0.1, -0.05) is 42.8 Å². The molecule has 0 aliphatic carbocycles. The molecule has 1 unspecified atom stereocenters. The van der Waals surface area contributed by atoms with E-state index in [1.165, 1.54) is 4.90 Å². The maximum absolute atomic E-state index is 13.7. The smallest absolute Gasteiger partial charge is 0.407 e. The number of methoxy groups -OCH3 is 1. The van der Waals surface area contributed by atoms with Crippen LogP contribution in [0.4, 0.5) is 10.5 Å². The van der Waals surface area contributed by atoms with Crippen LogP contribution in [0, 0.1) is 0 Å². The van der Waals surface area contributed by atoms with Gasteiger partial charge in [-0.05, 0) is 85.8 Å². The Morgan fingerprint density at radius 1 is 1.08 bits per heavy atom. The van der Waals surface area contributed by atoms with Gasteiger partial charge in [0.2, 0.25) is 5.91 Å². The number of hydrogen-bond acceptors (Lipinski definition) is 4. The fourth-order valence-electron chi connectivity index (χ4n) is 5.04. The van der Waals surface area contributed by atoms with E-state index in [1.54, 1.807) is 12.0 Å². The molecular formula is C31H35ClN2O5. The predicted molar refractivity (Wildman–Crippen MR) is 153 cm³/mol. The average Bonchev–Trinajstić information content (AvgIpc) is 2.93. The number of benzene rings is 3. The summed E-state index contributed by atoms with van der Waals surface area (Å²) < 4.78 is 11.8. The van der Waals surface area contributed by atoms with Crippen molar-refractivity contribution in [2.75, 3.05) is 18.6 Å². The summed E-state index contributed by atoms with van der Waals surface area (Å²) in [5, 5.41) is 10.2. The lowest BCUT2D eigenvalue weighted by Gasteiger charge is -2.38. The SMILES string of the molecule is CC[C@@H](C)Oc1cc2c(cc1OC)CC(=O)N(c1ccc([C@@H](C)N(CC)C(=O)O)cc1)C2c1ccc(Cl)cc1. The fraction of sp³-hybridized carbons (Fsp3) is 0.355. The third-order valence-electron chi connectivity index (χ3n) is 7.39. The number of rotatable bonds is 9. The molecule has 1 heterocycles. The van der Waals surface area contributed by atoms with E-state index in [1.807, 2.05) is 81.4 Å². The molecule has 7 nitrogen and oxygen atoms in total. The summed E-state index contributed by atoms with van der Waals surface area (Å²) in [7, 11) is 1.60. The Kier molecular flexibility index (Phi) is 8.70. The largest absolute Gasteiger partial charge is 0.493 e. The quantitative estimate of drug-likeness (QED) is 0.303. The molecule has 206 valence electrons. The molecule has 39 heavy (non-hydrogen) atoms. The molecule has 8 heteroatoms. The van der Waals surface area contributed by atoms with Gasteiger partial charge in [0.05, 0.1) is 31.7 Å².